The fraction of sp³-hybridized carbons (Fsp3) is 0.467. The zero-order valence-electron chi connectivity index (χ0n) is 13.9. The average Bonchev–Trinajstić information content (AvgIpc) is 2.95. The lowest BCUT2D eigenvalue weighted by atomic mass is 10.1. The maximum atomic E-state index is 12.0. The van der Waals surface area contributed by atoms with Gasteiger partial charge in [0, 0.05) is 12.1 Å². The van der Waals surface area contributed by atoms with Crippen molar-refractivity contribution in [2.75, 3.05) is 22.8 Å². The van der Waals surface area contributed by atoms with Crippen LogP contribution in [0, 0.1) is 6.92 Å². The summed E-state index contributed by atoms with van der Waals surface area (Å²) in [6, 6.07) is 4.54. The van der Waals surface area contributed by atoms with Crippen LogP contribution in [0.15, 0.2) is 23.4 Å². The van der Waals surface area contributed by atoms with Crippen LogP contribution >= 0.6 is 0 Å². The van der Waals surface area contributed by atoms with E-state index in [0.29, 0.717) is 24.3 Å². The molecule has 1 atom stereocenters. The van der Waals surface area contributed by atoms with Crippen molar-refractivity contribution in [2.45, 2.75) is 32.8 Å². The predicted molar refractivity (Wildman–Crippen MR) is 93.9 cm³/mol. The van der Waals surface area contributed by atoms with Gasteiger partial charge in [-0.2, -0.15) is 0 Å². The van der Waals surface area contributed by atoms with Gasteiger partial charge in [0.05, 0.1) is 24.2 Å². The number of carbonyl (C=O) groups excluding carboxylic acids is 1. The lowest BCUT2D eigenvalue weighted by Gasteiger charge is -2.13. The van der Waals surface area contributed by atoms with Gasteiger partial charge in [-0.15, -0.1) is 0 Å². The largest absolute Gasteiger partial charge is 0.390 e. The third-order valence-electron chi connectivity index (χ3n) is 3.48. The Kier molecular flexibility index (Phi) is 5.66. The van der Waals surface area contributed by atoms with Crippen LogP contribution in [0.2, 0.25) is 0 Å². The van der Waals surface area contributed by atoms with Crippen molar-refractivity contribution in [1.82, 2.24) is 5.32 Å². The number of amides is 2. The van der Waals surface area contributed by atoms with Crippen molar-refractivity contribution in [2.24, 2.45) is 5.16 Å². The van der Waals surface area contributed by atoms with Crippen molar-refractivity contribution in [3.8, 4) is 0 Å². The van der Waals surface area contributed by atoms with E-state index in [2.05, 4.69) is 20.5 Å². The summed E-state index contributed by atoms with van der Waals surface area (Å²) in [5.74, 6) is 0. The minimum Gasteiger partial charge on any atom is -0.390 e. The topological polar surface area (TPSA) is 109 Å². The van der Waals surface area contributed by atoms with Crippen LogP contribution in [0.3, 0.4) is 0 Å². The van der Waals surface area contributed by atoms with E-state index in [1.54, 1.807) is 18.2 Å². The van der Waals surface area contributed by atoms with Crippen LogP contribution in [0.4, 0.5) is 16.2 Å². The summed E-state index contributed by atoms with van der Waals surface area (Å²) in [5, 5.41) is 9.37. The van der Waals surface area contributed by atoms with Gasteiger partial charge in [-0.25, -0.2) is 13.2 Å². The summed E-state index contributed by atoms with van der Waals surface area (Å²) in [5.41, 5.74) is 2.72. The van der Waals surface area contributed by atoms with E-state index in [9.17, 15) is 13.2 Å². The summed E-state index contributed by atoms with van der Waals surface area (Å²) >= 11 is 0. The van der Waals surface area contributed by atoms with E-state index in [1.807, 2.05) is 13.8 Å². The van der Waals surface area contributed by atoms with Crippen molar-refractivity contribution < 1.29 is 18.0 Å². The number of sulfonamides is 1. The number of oxime groups is 1. The average molecular weight is 354 g/mol. The van der Waals surface area contributed by atoms with Crippen LogP contribution in [0.1, 0.15) is 25.3 Å². The van der Waals surface area contributed by atoms with Crippen LogP contribution in [-0.4, -0.2) is 39.1 Å². The first-order valence-electron chi connectivity index (χ1n) is 7.61. The standard InChI is InChI=1S/C15H22N4O4S/c1-4-11-7-13(23-18-11)9-16-15(20)17-14-8-12(6-5-10(14)2)19-24(3,21)22/h5-6,8,13,19H,4,7,9H2,1-3H3,(H2,16,17,20)/t13-/m0/s1. The molecule has 0 bridgehead atoms. The van der Waals surface area contributed by atoms with Gasteiger partial charge in [0.1, 0.15) is 6.10 Å². The lowest BCUT2D eigenvalue weighted by Crippen LogP contribution is -2.35. The molecular formula is C15H22N4O4S. The molecule has 0 fully saturated rings. The number of carbonyl (C=O) groups is 1. The van der Waals surface area contributed by atoms with Crippen molar-refractivity contribution in [3.63, 3.8) is 0 Å². The molecule has 8 nitrogen and oxygen atoms in total. The van der Waals surface area contributed by atoms with E-state index in [1.165, 1.54) is 0 Å². The number of nitrogens with zero attached hydrogens (tertiary/aromatic N) is 1. The molecule has 1 aliphatic heterocycles. The number of hydrogen-bond donors (Lipinski definition) is 3. The molecule has 2 amide bonds. The highest BCUT2D eigenvalue weighted by Crippen LogP contribution is 2.21. The van der Waals surface area contributed by atoms with Crippen molar-refractivity contribution in [1.29, 1.82) is 0 Å². The molecule has 132 valence electrons. The number of urea groups is 1. The molecule has 2 rings (SSSR count). The molecule has 0 aromatic heterocycles. The monoisotopic (exact) mass is 354 g/mol. The Labute approximate surface area is 141 Å². The molecule has 0 spiro atoms. The second kappa shape index (κ2) is 7.52. The minimum absolute atomic E-state index is 0.148. The maximum absolute atomic E-state index is 12.0. The van der Waals surface area contributed by atoms with Gasteiger partial charge in [0.25, 0.3) is 0 Å². The summed E-state index contributed by atoms with van der Waals surface area (Å²) in [4.78, 5) is 17.2. The van der Waals surface area contributed by atoms with Gasteiger partial charge in [0.15, 0.2) is 0 Å². The normalized spacial score (nSPS) is 17.0. The third kappa shape index (κ3) is 5.41. The molecule has 1 aromatic rings. The smallest absolute Gasteiger partial charge is 0.319 e. The van der Waals surface area contributed by atoms with E-state index in [0.717, 1.165) is 24.0 Å². The lowest BCUT2D eigenvalue weighted by molar-refractivity contribution is 0.0870. The van der Waals surface area contributed by atoms with E-state index in [-0.39, 0.29) is 12.1 Å². The number of benzene rings is 1. The minimum atomic E-state index is -3.37. The Bertz CT molecular complexity index is 746. The SMILES string of the molecule is CCC1=NO[C@H](CNC(=O)Nc2cc(NS(C)(=O)=O)ccc2C)C1. The first-order valence-corrected chi connectivity index (χ1v) is 9.51. The quantitative estimate of drug-likeness (QED) is 0.726. The highest BCUT2D eigenvalue weighted by molar-refractivity contribution is 7.92. The van der Waals surface area contributed by atoms with Crippen LogP contribution in [-0.2, 0) is 14.9 Å². The zero-order valence-corrected chi connectivity index (χ0v) is 14.7. The molecule has 0 radical (unpaired) electrons. The van der Waals surface area contributed by atoms with Crippen LogP contribution in [0.25, 0.3) is 0 Å². The molecule has 1 aliphatic rings. The second-order valence-corrected chi connectivity index (χ2v) is 7.43. The second-order valence-electron chi connectivity index (χ2n) is 5.68. The molecule has 0 aliphatic carbocycles. The zero-order chi connectivity index (χ0) is 17.7. The number of rotatable bonds is 6. The molecule has 3 N–H and O–H groups in total. The Morgan fingerprint density at radius 2 is 2.17 bits per heavy atom. The Hall–Kier alpha value is -2.29. The van der Waals surface area contributed by atoms with E-state index < -0.39 is 10.0 Å². The first-order chi connectivity index (χ1) is 11.3. The first kappa shape index (κ1) is 18.1. The maximum Gasteiger partial charge on any atom is 0.319 e. The highest BCUT2D eigenvalue weighted by atomic mass is 32.2. The predicted octanol–water partition coefficient (Wildman–Crippen LogP) is 2.04. The molecule has 1 heterocycles. The fourth-order valence-corrected chi connectivity index (χ4v) is 2.77. The van der Waals surface area contributed by atoms with Gasteiger partial charge < -0.3 is 15.5 Å². The van der Waals surface area contributed by atoms with E-state index in [4.69, 9.17) is 4.84 Å². The van der Waals surface area contributed by atoms with Crippen molar-refractivity contribution in [3.05, 3.63) is 23.8 Å². The molecule has 0 saturated carbocycles. The number of hydrogen-bond acceptors (Lipinski definition) is 5. The Balaban J connectivity index is 1.90. The van der Waals surface area contributed by atoms with Gasteiger partial charge >= 0.3 is 6.03 Å². The molecule has 24 heavy (non-hydrogen) atoms. The molecule has 0 saturated heterocycles. The molecule has 1 aromatic carbocycles. The number of anilines is 2. The summed E-state index contributed by atoms with van der Waals surface area (Å²) < 4.78 is 24.9. The third-order valence-corrected chi connectivity index (χ3v) is 4.09. The van der Waals surface area contributed by atoms with Gasteiger partial charge in [-0.1, -0.05) is 18.1 Å². The number of aryl methyl sites for hydroxylation is 1. The molecule has 0 unspecified atom stereocenters. The summed E-state index contributed by atoms with van der Waals surface area (Å²) in [6.45, 7) is 4.17. The Morgan fingerprint density at radius 1 is 1.42 bits per heavy atom. The molecule has 9 heteroatoms. The van der Waals surface area contributed by atoms with Gasteiger partial charge in [-0.05, 0) is 31.0 Å². The summed E-state index contributed by atoms with van der Waals surface area (Å²) in [7, 11) is -3.37. The highest BCUT2D eigenvalue weighted by Gasteiger charge is 2.20. The van der Waals surface area contributed by atoms with E-state index >= 15 is 0 Å². The Morgan fingerprint density at radius 3 is 2.79 bits per heavy atom. The van der Waals surface area contributed by atoms with Gasteiger partial charge in [0.2, 0.25) is 10.0 Å². The molecular weight excluding hydrogens is 332 g/mol. The fourth-order valence-electron chi connectivity index (χ4n) is 2.21. The summed E-state index contributed by atoms with van der Waals surface area (Å²) in [6.07, 6.45) is 2.47. The van der Waals surface area contributed by atoms with Crippen molar-refractivity contribution >= 4 is 33.1 Å². The van der Waals surface area contributed by atoms with Crippen LogP contribution < -0.4 is 15.4 Å². The van der Waals surface area contributed by atoms with Crippen LogP contribution in [0.5, 0.6) is 0 Å². The number of nitrogens with one attached hydrogen (secondary N) is 3. The van der Waals surface area contributed by atoms with Gasteiger partial charge in [-0.3, -0.25) is 4.72 Å².